The Kier molecular flexibility index (Phi) is 5.20. The summed E-state index contributed by atoms with van der Waals surface area (Å²) < 4.78 is 11.8. The number of halogens is 2. The van der Waals surface area contributed by atoms with Crippen LogP contribution in [0.5, 0.6) is 5.75 Å². The van der Waals surface area contributed by atoms with Crippen LogP contribution in [0, 0.1) is 6.92 Å². The Hall–Kier alpha value is -2.50. The fourth-order valence-electron chi connectivity index (χ4n) is 2.84. The molecular formula is C19H15Cl2NO4. The largest absolute Gasteiger partial charge is 0.482 e. The van der Waals surface area contributed by atoms with Crippen LogP contribution in [-0.2, 0) is 4.74 Å². The molecular weight excluding hydrogens is 377 g/mol. The number of fused-ring (bicyclic) bond motifs is 1. The number of benzene rings is 2. The molecule has 0 aliphatic rings. The van der Waals surface area contributed by atoms with Gasteiger partial charge in [-0.05, 0) is 31.2 Å². The number of nitrogens with zero attached hydrogens (tertiary/aromatic N) is 1. The third-order valence-electron chi connectivity index (χ3n) is 4.00. The lowest BCUT2D eigenvalue weighted by Crippen LogP contribution is -2.21. The molecule has 0 spiro atoms. The van der Waals surface area contributed by atoms with Crippen molar-refractivity contribution in [1.82, 2.24) is 4.57 Å². The molecule has 134 valence electrons. The van der Waals surface area contributed by atoms with Crippen LogP contribution in [0.1, 0.15) is 20.8 Å². The Morgan fingerprint density at radius 1 is 1.12 bits per heavy atom. The average Bonchev–Trinajstić information content (AvgIpc) is 2.92. The molecule has 0 bridgehead atoms. The molecule has 0 saturated heterocycles. The molecule has 3 rings (SSSR count). The summed E-state index contributed by atoms with van der Waals surface area (Å²) >= 11 is 11.9. The number of para-hydroxylation sites is 1. The fraction of sp³-hybridized carbons (Fsp3) is 0.158. The minimum absolute atomic E-state index is 0.249. The summed E-state index contributed by atoms with van der Waals surface area (Å²) in [6.45, 7) is 1.45. The Morgan fingerprint density at radius 2 is 1.85 bits per heavy atom. The van der Waals surface area contributed by atoms with Gasteiger partial charge in [-0.1, -0.05) is 41.4 Å². The molecule has 0 aliphatic carbocycles. The fourth-order valence-corrected chi connectivity index (χ4v) is 3.31. The van der Waals surface area contributed by atoms with Gasteiger partial charge in [0.15, 0.2) is 6.61 Å². The number of hydrogen-bond acceptors (Lipinski definition) is 4. The average molecular weight is 392 g/mol. The molecule has 0 radical (unpaired) electrons. The van der Waals surface area contributed by atoms with Gasteiger partial charge in [-0.2, -0.15) is 0 Å². The summed E-state index contributed by atoms with van der Waals surface area (Å²) in [7, 11) is 1.31. The van der Waals surface area contributed by atoms with E-state index < -0.39 is 5.97 Å². The molecule has 0 unspecified atom stereocenters. The first-order chi connectivity index (χ1) is 12.4. The summed E-state index contributed by atoms with van der Waals surface area (Å²) in [5, 5.41) is 1.44. The van der Waals surface area contributed by atoms with E-state index in [-0.39, 0.29) is 12.5 Å². The lowest BCUT2D eigenvalue weighted by atomic mass is 10.1. The van der Waals surface area contributed by atoms with Crippen LogP contribution >= 0.6 is 23.2 Å². The zero-order chi connectivity index (χ0) is 18.8. The summed E-state index contributed by atoms with van der Waals surface area (Å²) in [4.78, 5) is 24.9. The van der Waals surface area contributed by atoms with Crippen molar-refractivity contribution in [2.24, 2.45) is 0 Å². The molecule has 7 heteroatoms. The third-order valence-corrected chi connectivity index (χ3v) is 4.53. The van der Waals surface area contributed by atoms with E-state index in [0.717, 1.165) is 0 Å². The minimum atomic E-state index is -0.494. The number of esters is 1. The molecule has 0 N–H and O–H groups in total. The monoisotopic (exact) mass is 391 g/mol. The van der Waals surface area contributed by atoms with E-state index >= 15 is 0 Å². The van der Waals surface area contributed by atoms with Gasteiger partial charge in [0.05, 0.1) is 23.2 Å². The molecule has 0 fully saturated rings. The van der Waals surface area contributed by atoms with Gasteiger partial charge in [-0.25, -0.2) is 4.79 Å². The first-order valence-electron chi connectivity index (χ1n) is 7.73. The summed E-state index contributed by atoms with van der Waals surface area (Å²) in [6.07, 6.45) is 0. The molecule has 0 saturated carbocycles. The van der Waals surface area contributed by atoms with Gasteiger partial charge < -0.3 is 9.47 Å². The van der Waals surface area contributed by atoms with Gasteiger partial charge in [0, 0.05) is 16.1 Å². The Balaban J connectivity index is 1.96. The van der Waals surface area contributed by atoms with E-state index in [1.54, 1.807) is 43.3 Å². The van der Waals surface area contributed by atoms with E-state index in [2.05, 4.69) is 0 Å². The van der Waals surface area contributed by atoms with Gasteiger partial charge in [-0.3, -0.25) is 9.36 Å². The molecule has 5 nitrogen and oxygen atoms in total. The third kappa shape index (κ3) is 3.28. The van der Waals surface area contributed by atoms with Crippen molar-refractivity contribution in [2.45, 2.75) is 6.92 Å². The minimum Gasteiger partial charge on any atom is -0.482 e. The highest BCUT2D eigenvalue weighted by molar-refractivity contribution is 6.35. The highest BCUT2D eigenvalue weighted by Crippen LogP contribution is 2.29. The molecule has 2 aromatic carbocycles. The van der Waals surface area contributed by atoms with Gasteiger partial charge in [0.1, 0.15) is 5.75 Å². The van der Waals surface area contributed by atoms with E-state index in [1.807, 2.05) is 0 Å². The second kappa shape index (κ2) is 7.40. The Morgan fingerprint density at radius 3 is 2.54 bits per heavy atom. The van der Waals surface area contributed by atoms with E-state index in [0.29, 0.717) is 38.0 Å². The van der Waals surface area contributed by atoms with Gasteiger partial charge >= 0.3 is 5.97 Å². The smallest absolute Gasteiger partial charge is 0.340 e. The number of carbonyl (C=O) groups is 2. The standard InChI is InChI=1S/C19H15Cl2NO4/c1-11-18(19(24)25-2)13-5-3-4-6-15(13)22(11)17(23)10-26-16-8-7-12(20)9-14(16)21/h3-9H,10H2,1-2H3. The van der Waals surface area contributed by atoms with Crippen molar-refractivity contribution in [1.29, 1.82) is 0 Å². The second-order valence-corrected chi connectivity index (χ2v) is 6.41. The molecule has 0 amide bonds. The van der Waals surface area contributed by atoms with Gasteiger partial charge in [0.25, 0.3) is 5.91 Å². The normalized spacial score (nSPS) is 10.8. The first kappa shape index (κ1) is 18.3. The summed E-state index contributed by atoms with van der Waals surface area (Å²) in [5.74, 6) is -0.474. The highest BCUT2D eigenvalue weighted by atomic mass is 35.5. The van der Waals surface area contributed by atoms with Crippen molar-refractivity contribution in [2.75, 3.05) is 13.7 Å². The number of hydrogen-bond donors (Lipinski definition) is 0. The van der Waals surface area contributed by atoms with Gasteiger partial charge in [-0.15, -0.1) is 0 Å². The topological polar surface area (TPSA) is 57.5 Å². The van der Waals surface area contributed by atoms with Gasteiger partial charge in [0.2, 0.25) is 0 Å². The lowest BCUT2D eigenvalue weighted by Gasteiger charge is -2.10. The number of aromatic nitrogens is 1. The SMILES string of the molecule is COC(=O)c1c(C)n(C(=O)COc2ccc(Cl)cc2Cl)c2ccccc12. The lowest BCUT2D eigenvalue weighted by molar-refractivity contribution is 0.0602. The predicted molar refractivity (Wildman–Crippen MR) is 101 cm³/mol. The van der Waals surface area contributed by atoms with Crippen molar-refractivity contribution < 1.29 is 19.1 Å². The van der Waals surface area contributed by atoms with E-state index in [9.17, 15) is 9.59 Å². The van der Waals surface area contributed by atoms with Crippen LogP contribution in [0.2, 0.25) is 10.0 Å². The van der Waals surface area contributed by atoms with Crippen molar-refractivity contribution >= 4 is 46.0 Å². The molecule has 0 aliphatic heterocycles. The molecule has 26 heavy (non-hydrogen) atoms. The summed E-state index contributed by atoms with van der Waals surface area (Å²) in [5.41, 5.74) is 1.47. The van der Waals surface area contributed by atoms with Crippen LogP contribution in [0.3, 0.4) is 0 Å². The van der Waals surface area contributed by atoms with Crippen molar-refractivity contribution in [3.8, 4) is 5.75 Å². The Labute approximate surface area is 160 Å². The second-order valence-electron chi connectivity index (χ2n) is 5.56. The van der Waals surface area contributed by atoms with Crippen LogP contribution < -0.4 is 4.74 Å². The maximum absolute atomic E-state index is 12.8. The number of methoxy groups -OCH3 is 1. The zero-order valence-electron chi connectivity index (χ0n) is 14.1. The number of rotatable bonds is 4. The van der Waals surface area contributed by atoms with Crippen LogP contribution in [0.15, 0.2) is 42.5 Å². The first-order valence-corrected chi connectivity index (χ1v) is 8.49. The van der Waals surface area contributed by atoms with Crippen LogP contribution in [0.25, 0.3) is 10.9 Å². The van der Waals surface area contributed by atoms with Crippen molar-refractivity contribution in [3.05, 3.63) is 63.8 Å². The quantitative estimate of drug-likeness (QED) is 0.601. The van der Waals surface area contributed by atoms with Crippen molar-refractivity contribution in [3.63, 3.8) is 0 Å². The summed E-state index contributed by atoms with van der Waals surface area (Å²) in [6, 6.07) is 11.9. The Bertz CT molecular complexity index is 1010. The van der Waals surface area contributed by atoms with E-state index in [1.165, 1.54) is 17.7 Å². The maximum Gasteiger partial charge on any atom is 0.340 e. The van der Waals surface area contributed by atoms with E-state index in [4.69, 9.17) is 32.7 Å². The molecule has 0 atom stereocenters. The maximum atomic E-state index is 12.8. The number of carbonyl (C=O) groups excluding carboxylic acids is 2. The van der Waals surface area contributed by atoms with Crippen LogP contribution in [0.4, 0.5) is 0 Å². The van der Waals surface area contributed by atoms with Crippen LogP contribution in [-0.4, -0.2) is 30.2 Å². The zero-order valence-corrected chi connectivity index (χ0v) is 15.6. The highest BCUT2D eigenvalue weighted by Gasteiger charge is 2.23. The number of ether oxygens (including phenoxy) is 2. The molecule has 1 heterocycles. The predicted octanol–water partition coefficient (Wildman–Crippen LogP) is 4.76. The molecule has 3 aromatic rings. The molecule has 1 aromatic heterocycles.